The Hall–Kier alpha value is -2.42. The molecule has 0 N–H and O–H groups in total. The Morgan fingerprint density at radius 3 is 2.30 bits per heavy atom. The normalized spacial score (nSPS) is 11.2. The van der Waals surface area contributed by atoms with E-state index in [1.165, 1.54) is 11.6 Å². The van der Waals surface area contributed by atoms with E-state index >= 15 is 0 Å². The van der Waals surface area contributed by atoms with Gasteiger partial charge in [-0.05, 0) is 42.7 Å². The lowest BCUT2D eigenvalue weighted by atomic mass is 9.97. The largest absolute Gasteiger partial charge is 0.463 e. The molecule has 102 valence electrons. The molecule has 0 unspecified atom stereocenters. The van der Waals surface area contributed by atoms with E-state index in [9.17, 15) is 4.79 Å². The van der Waals surface area contributed by atoms with Gasteiger partial charge in [0.15, 0.2) is 0 Å². The van der Waals surface area contributed by atoms with Crippen molar-refractivity contribution in [2.75, 3.05) is 6.61 Å². The second kappa shape index (κ2) is 6.66. The van der Waals surface area contributed by atoms with Crippen molar-refractivity contribution in [1.29, 1.82) is 0 Å². The Morgan fingerprint density at radius 1 is 1.10 bits per heavy atom. The molecule has 0 aliphatic heterocycles. The van der Waals surface area contributed by atoms with E-state index in [0.29, 0.717) is 6.61 Å². The molecule has 0 radical (unpaired) electrons. The van der Waals surface area contributed by atoms with Gasteiger partial charge < -0.3 is 4.74 Å². The summed E-state index contributed by atoms with van der Waals surface area (Å²) in [5.41, 5.74) is 3.94. The van der Waals surface area contributed by atoms with Crippen LogP contribution >= 0.6 is 0 Å². The molecule has 2 rings (SSSR count). The lowest BCUT2D eigenvalue weighted by Gasteiger charge is -2.08. The lowest BCUT2D eigenvalue weighted by Crippen LogP contribution is -2.02. The van der Waals surface area contributed by atoms with Gasteiger partial charge in [-0.1, -0.05) is 29.8 Å². The Bertz CT molecular complexity index is 601. The predicted octanol–water partition coefficient (Wildman–Crippen LogP) is 3.38. The molecule has 0 amide bonds. The smallest absolute Gasteiger partial charge is 0.331 e. The van der Waals surface area contributed by atoms with Gasteiger partial charge >= 0.3 is 5.97 Å². The van der Waals surface area contributed by atoms with Gasteiger partial charge in [-0.15, -0.1) is 0 Å². The molecule has 0 atom stereocenters. The first-order chi connectivity index (χ1) is 9.70. The van der Waals surface area contributed by atoms with Crippen LogP contribution in [0.2, 0.25) is 0 Å². The van der Waals surface area contributed by atoms with Crippen LogP contribution in [0.3, 0.4) is 0 Å². The Labute approximate surface area is 118 Å². The van der Waals surface area contributed by atoms with Crippen molar-refractivity contribution in [2.24, 2.45) is 0 Å². The molecular formula is C17H17NO2. The molecule has 3 nitrogen and oxygen atoms in total. The molecule has 3 heteroatoms. The average Bonchev–Trinajstić information content (AvgIpc) is 2.47. The predicted molar refractivity (Wildman–Crippen MR) is 79.1 cm³/mol. The van der Waals surface area contributed by atoms with Crippen LogP contribution in [0.15, 0.2) is 54.9 Å². The van der Waals surface area contributed by atoms with Crippen molar-refractivity contribution in [2.45, 2.75) is 13.8 Å². The van der Waals surface area contributed by atoms with Crippen LogP contribution in [0.25, 0.3) is 5.57 Å². The molecule has 0 aliphatic rings. The van der Waals surface area contributed by atoms with E-state index in [1.54, 1.807) is 19.3 Å². The maximum absolute atomic E-state index is 11.8. The number of pyridine rings is 1. The molecule has 0 saturated heterocycles. The number of aryl methyl sites for hydroxylation is 1. The minimum absolute atomic E-state index is 0.333. The Morgan fingerprint density at radius 2 is 1.70 bits per heavy atom. The first-order valence-electron chi connectivity index (χ1n) is 6.56. The third-order valence-electron chi connectivity index (χ3n) is 2.90. The highest BCUT2D eigenvalue weighted by Gasteiger charge is 2.08. The zero-order chi connectivity index (χ0) is 14.4. The van der Waals surface area contributed by atoms with E-state index in [4.69, 9.17) is 4.74 Å². The third-order valence-corrected chi connectivity index (χ3v) is 2.90. The highest BCUT2D eigenvalue weighted by atomic mass is 16.5. The van der Waals surface area contributed by atoms with Crippen LogP contribution in [0.4, 0.5) is 0 Å². The van der Waals surface area contributed by atoms with Gasteiger partial charge in [0, 0.05) is 18.5 Å². The molecule has 1 aromatic heterocycles. The standard InChI is InChI=1S/C17H17NO2/c1-3-20-17(19)12-16(15-8-10-18-11-9-15)14-6-4-13(2)5-7-14/h4-12H,3H2,1-2H3/b16-12+. The summed E-state index contributed by atoms with van der Waals surface area (Å²) >= 11 is 0. The van der Waals surface area contributed by atoms with Crippen LogP contribution in [-0.2, 0) is 9.53 Å². The van der Waals surface area contributed by atoms with E-state index < -0.39 is 0 Å². The number of carbonyl (C=O) groups excluding carboxylic acids is 1. The average molecular weight is 267 g/mol. The lowest BCUT2D eigenvalue weighted by molar-refractivity contribution is -0.137. The Balaban J connectivity index is 2.44. The molecule has 2 aromatic rings. The maximum atomic E-state index is 11.8. The first-order valence-corrected chi connectivity index (χ1v) is 6.56. The molecule has 0 fully saturated rings. The fourth-order valence-electron chi connectivity index (χ4n) is 1.90. The van der Waals surface area contributed by atoms with Crippen LogP contribution in [0.1, 0.15) is 23.6 Å². The summed E-state index contributed by atoms with van der Waals surface area (Å²) < 4.78 is 5.01. The van der Waals surface area contributed by atoms with Gasteiger partial charge in [0.25, 0.3) is 0 Å². The number of nitrogens with zero attached hydrogens (tertiary/aromatic N) is 1. The fraction of sp³-hybridized carbons (Fsp3) is 0.176. The van der Waals surface area contributed by atoms with E-state index in [-0.39, 0.29) is 5.97 Å². The highest BCUT2D eigenvalue weighted by molar-refractivity contribution is 5.96. The summed E-state index contributed by atoms with van der Waals surface area (Å²) in [6.07, 6.45) is 4.95. The maximum Gasteiger partial charge on any atom is 0.331 e. The van der Waals surface area contributed by atoms with E-state index in [1.807, 2.05) is 43.3 Å². The van der Waals surface area contributed by atoms with E-state index in [0.717, 1.165) is 16.7 Å². The second-order valence-corrected chi connectivity index (χ2v) is 4.41. The van der Waals surface area contributed by atoms with Crippen molar-refractivity contribution >= 4 is 11.5 Å². The molecule has 1 aromatic carbocycles. The number of rotatable bonds is 4. The van der Waals surface area contributed by atoms with Crippen molar-refractivity contribution in [3.05, 3.63) is 71.6 Å². The van der Waals surface area contributed by atoms with Gasteiger partial charge in [-0.2, -0.15) is 0 Å². The molecule has 20 heavy (non-hydrogen) atoms. The fourth-order valence-corrected chi connectivity index (χ4v) is 1.90. The third kappa shape index (κ3) is 3.54. The van der Waals surface area contributed by atoms with Crippen molar-refractivity contribution < 1.29 is 9.53 Å². The molecule has 0 bridgehead atoms. The summed E-state index contributed by atoms with van der Waals surface area (Å²) in [5.74, 6) is -0.333. The van der Waals surface area contributed by atoms with Crippen LogP contribution in [0.5, 0.6) is 0 Å². The number of ether oxygens (including phenoxy) is 1. The van der Waals surface area contributed by atoms with Crippen LogP contribution in [0, 0.1) is 6.92 Å². The van der Waals surface area contributed by atoms with Crippen LogP contribution in [-0.4, -0.2) is 17.6 Å². The number of benzene rings is 1. The number of hydrogen-bond donors (Lipinski definition) is 0. The zero-order valence-corrected chi connectivity index (χ0v) is 11.7. The number of esters is 1. The van der Waals surface area contributed by atoms with Gasteiger partial charge in [-0.25, -0.2) is 4.79 Å². The van der Waals surface area contributed by atoms with Gasteiger partial charge in [-0.3, -0.25) is 4.98 Å². The monoisotopic (exact) mass is 267 g/mol. The summed E-state index contributed by atoms with van der Waals surface area (Å²) in [6.45, 7) is 4.20. The minimum Gasteiger partial charge on any atom is -0.463 e. The highest BCUT2D eigenvalue weighted by Crippen LogP contribution is 2.23. The van der Waals surface area contributed by atoms with Crippen molar-refractivity contribution in [3.63, 3.8) is 0 Å². The molecule has 1 heterocycles. The second-order valence-electron chi connectivity index (χ2n) is 4.41. The number of aromatic nitrogens is 1. The van der Waals surface area contributed by atoms with E-state index in [2.05, 4.69) is 4.98 Å². The summed E-state index contributed by atoms with van der Waals surface area (Å²) in [5, 5.41) is 0. The quantitative estimate of drug-likeness (QED) is 0.629. The SMILES string of the molecule is CCOC(=O)/C=C(/c1ccncc1)c1ccc(C)cc1. The Kier molecular flexibility index (Phi) is 4.66. The van der Waals surface area contributed by atoms with Gasteiger partial charge in [0.05, 0.1) is 6.61 Å². The topological polar surface area (TPSA) is 39.2 Å². The minimum atomic E-state index is -0.333. The summed E-state index contributed by atoms with van der Waals surface area (Å²) in [6, 6.07) is 11.8. The summed E-state index contributed by atoms with van der Waals surface area (Å²) in [7, 11) is 0. The molecular weight excluding hydrogens is 250 g/mol. The van der Waals surface area contributed by atoms with Crippen molar-refractivity contribution in [1.82, 2.24) is 4.98 Å². The van der Waals surface area contributed by atoms with Gasteiger partial charge in [0.1, 0.15) is 0 Å². The molecule has 0 spiro atoms. The molecule has 0 saturated carbocycles. The summed E-state index contributed by atoms with van der Waals surface area (Å²) in [4.78, 5) is 15.8. The first kappa shape index (κ1) is 14.0. The number of carbonyl (C=O) groups is 1. The number of hydrogen-bond acceptors (Lipinski definition) is 3. The van der Waals surface area contributed by atoms with Gasteiger partial charge in [0.2, 0.25) is 0 Å². The molecule has 0 aliphatic carbocycles. The zero-order valence-electron chi connectivity index (χ0n) is 11.7. The van der Waals surface area contributed by atoms with Crippen molar-refractivity contribution in [3.8, 4) is 0 Å². The van der Waals surface area contributed by atoms with Crippen LogP contribution < -0.4 is 0 Å².